The van der Waals surface area contributed by atoms with Gasteiger partial charge < -0.3 is 10.1 Å². The van der Waals surface area contributed by atoms with Crippen LogP contribution in [0.3, 0.4) is 0 Å². The molecular formula is C18H21NO. The Bertz CT molecular complexity index is 592. The first-order chi connectivity index (χ1) is 9.78. The van der Waals surface area contributed by atoms with Crippen LogP contribution in [-0.4, -0.2) is 13.7 Å². The smallest absolute Gasteiger partial charge is 0.122 e. The van der Waals surface area contributed by atoms with Crippen LogP contribution in [0.2, 0.25) is 0 Å². The SMILES string of the molecule is COc1cc2c(cc1C)CCNC2Cc1ccccc1. The van der Waals surface area contributed by atoms with E-state index in [-0.39, 0.29) is 0 Å². The molecule has 1 atom stereocenters. The molecule has 2 heteroatoms. The van der Waals surface area contributed by atoms with Gasteiger partial charge in [-0.1, -0.05) is 36.4 Å². The van der Waals surface area contributed by atoms with Gasteiger partial charge in [-0.05, 0) is 54.6 Å². The Morgan fingerprint density at radius 1 is 1.20 bits per heavy atom. The van der Waals surface area contributed by atoms with Crippen LogP contribution in [0.5, 0.6) is 5.75 Å². The molecular weight excluding hydrogens is 246 g/mol. The number of rotatable bonds is 3. The summed E-state index contributed by atoms with van der Waals surface area (Å²) >= 11 is 0. The largest absolute Gasteiger partial charge is 0.496 e. The molecule has 1 aliphatic rings. The van der Waals surface area contributed by atoms with Crippen LogP contribution in [0.15, 0.2) is 42.5 Å². The number of methoxy groups -OCH3 is 1. The first-order valence-corrected chi connectivity index (χ1v) is 7.22. The van der Waals surface area contributed by atoms with Gasteiger partial charge >= 0.3 is 0 Å². The molecule has 0 bridgehead atoms. The van der Waals surface area contributed by atoms with Crippen molar-refractivity contribution in [2.75, 3.05) is 13.7 Å². The molecule has 104 valence electrons. The summed E-state index contributed by atoms with van der Waals surface area (Å²) in [6.45, 7) is 3.17. The Hall–Kier alpha value is -1.80. The molecule has 2 nitrogen and oxygen atoms in total. The third-order valence-electron chi connectivity index (χ3n) is 4.10. The van der Waals surface area contributed by atoms with Crippen LogP contribution >= 0.6 is 0 Å². The number of hydrogen-bond acceptors (Lipinski definition) is 2. The Kier molecular flexibility index (Phi) is 3.75. The van der Waals surface area contributed by atoms with Gasteiger partial charge in [-0.25, -0.2) is 0 Å². The van der Waals surface area contributed by atoms with Crippen molar-refractivity contribution in [3.8, 4) is 5.75 Å². The molecule has 1 aliphatic heterocycles. The lowest BCUT2D eigenvalue weighted by molar-refractivity contribution is 0.408. The summed E-state index contributed by atoms with van der Waals surface area (Å²) in [6, 6.07) is 15.6. The number of hydrogen-bond donors (Lipinski definition) is 1. The molecule has 0 saturated heterocycles. The average Bonchev–Trinajstić information content (AvgIpc) is 2.48. The van der Waals surface area contributed by atoms with Crippen molar-refractivity contribution in [3.63, 3.8) is 0 Å². The van der Waals surface area contributed by atoms with E-state index in [4.69, 9.17) is 4.74 Å². The van der Waals surface area contributed by atoms with E-state index in [1.54, 1.807) is 7.11 Å². The van der Waals surface area contributed by atoms with Crippen molar-refractivity contribution in [2.45, 2.75) is 25.8 Å². The van der Waals surface area contributed by atoms with E-state index < -0.39 is 0 Å². The molecule has 0 fully saturated rings. The summed E-state index contributed by atoms with van der Waals surface area (Å²) in [5.74, 6) is 0.991. The van der Waals surface area contributed by atoms with Gasteiger partial charge in [0.25, 0.3) is 0 Å². The van der Waals surface area contributed by atoms with Gasteiger partial charge in [0.05, 0.1) is 7.11 Å². The highest BCUT2D eigenvalue weighted by Crippen LogP contribution is 2.31. The zero-order chi connectivity index (χ0) is 13.9. The fourth-order valence-corrected chi connectivity index (χ4v) is 3.05. The second-order valence-corrected chi connectivity index (χ2v) is 5.47. The summed E-state index contributed by atoms with van der Waals surface area (Å²) in [6.07, 6.45) is 2.13. The zero-order valence-electron chi connectivity index (χ0n) is 12.1. The second kappa shape index (κ2) is 5.68. The molecule has 20 heavy (non-hydrogen) atoms. The van der Waals surface area contributed by atoms with Crippen LogP contribution in [0.25, 0.3) is 0 Å². The van der Waals surface area contributed by atoms with E-state index in [0.29, 0.717) is 6.04 Å². The first kappa shape index (κ1) is 13.2. The van der Waals surface area contributed by atoms with Gasteiger partial charge in [0.15, 0.2) is 0 Å². The molecule has 0 radical (unpaired) electrons. The van der Waals surface area contributed by atoms with Crippen molar-refractivity contribution in [2.24, 2.45) is 0 Å². The lowest BCUT2D eigenvalue weighted by Crippen LogP contribution is -2.31. The number of nitrogens with one attached hydrogen (secondary N) is 1. The van der Waals surface area contributed by atoms with Crippen molar-refractivity contribution in [1.82, 2.24) is 5.32 Å². The number of aryl methyl sites for hydroxylation is 1. The van der Waals surface area contributed by atoms with Crippen LogP contribution in [0, 0.1) is 6.92 Å². The molecule has 0 aromatic heterocycles. The molecule has 0 amide bonds. The number of ether oxygens (including phenoxy) is 1. The van der Waals surface area contributed by atoms with Crippen LogP contribution in [0.1, 0.15) is 28.3 Å². The summed E-state index contributed by atoms with van der Waals surface area (Å²) in [5, 5.41) is 3.64. The van der Waals surface area contributed by atoms with Crippen LogP contribution < -0.4 is 10.1 Å². The first-order valence-electron chi connectivity index (χ1n) is 7.22. The highest BCUT2D eigenvalue weighted by Gasteiger charge is 2.21. The molecule has 1 unspecified atom stereocenters. The van der Waals surface area contributed by atoms with E-state index >= 15 is 0 Å². The van der Waals surface area contributed by atoms with Crippen molar-refractivity contribution in [1.29, 1.82) is 0 Å². The highest BCUT2D eigenvalue weighted by atomic mass is 16.5. The third kappa shape index (κ3) is 2.56. The van der Waals surface area contributed by atoms with E-state index in [1.165, 1.54) is 22.3 Å². The summed E-state index contributed by atoms with van der Waals surface area (Å²) < 4.78 is 5.48. The fraction of sp³-hybridized carbons (Fsp3) is 0.333. The van der Waals surface area contributed by atoms with Crippen molar-refractivity contribution < 1.29 is 4.74 Å². The normalized spacial score (nSPS) is 17.6. The summed E-state index contributed by atoms with van der Waals surface area (Å²) in [7, 11) is 1.75. The third-order valence-corrected chi connectivity index (χ3v) is 4.10. The van der Waals surface area contributed by atoms with E-state index in [0.717, 1.165) is 25.1 Å². The molecule has 0 spiro atoms. The zero-order valence-corrected chi connectivity index (χ0v) is 12.1. The summed E-state index contributed by atoms with van der Waals surface area (Å²) in [5.41, 5.74) is 5.45. The quantitative estimate of drug-likeness (QED) is 0.920. The molecule has 0 aliphatic carbocycles. The minimum atomic E-state index is 0.385. The Morgan fingerprint density at radius 3 is 2.75 bits per heavy atom. The van der Waals surface area contributed by atoms with Gasteiger partial charge in [-0.2, -0.15) is 0 Å². The molecule has 2 aromatic carbocycles. The van der Waals surface area contributed by atoms with Gasteiger partial charge in [0.1, 0.15) is 5.75 Å². The molecule has 3 rings (SSSR count). The Labute approximate surface area is 120 Å². The summed E-state index contributed by atoms with van der Waals surface area (Å²) in [4.78, 5) is 0. The van der Waals surface area contributed by atoms with E-state index in [2.05, 4.69) is 54.7 Å². The maximum absolute atomic E-state index is 5.48. The van der Waals surface area contributed by atoms with Gasteiger partial charge in [0, 0.05) is 6.04 Å². The van der Waals surface area contributed by atoms with Gasteiger partial charge in [-0.3, -0.25) is 0 Å². The lowest BCUT2D eigenvalue weighted by Gasteiger charge is -2.28. The maximum Gasteiger partial charge on any atom is 0.122 e. The topological polar surface area (TPSA) is 21.3 Å². The predicted molar refractivity (Wildman–Crippen MR) is 82.3 cm³/mol. The second-order valence-electron chi connectivity index (χ2n) is 5.47. The number of benzene rings is 2. The Balaban J connectivity index is 1.93. The van der Waals surface area contributed by atoms with Crippen molar-refractivity contribution >= 4 is 0 Å². The minimum Gasteiger partial charge on any atom is -0.496 e. The highest BCUT2D eigenvalue weighted by molar-refractivity contribution is 5.45. The maximum atomic E-state index is 5.48. The van der Waals surface area contributed by atoms with Gasteiger partial charge in [0.2, 0.25) is 0 Å². The van der Waals surface area contributed by atoms with Crippen molar-refractivity contribution in [3.05, 3.63) is 64.7 Å². The average molecular weight is 267 g/mol. The fourth-order valence-electron chi connectivity index (χ4n) is 3.05. The molecule has 1 heterocycles. The number of fused-ring (bicyclic) bond motifs is 1. The molecule has 2 aromatic rings. The molecule has 0 saturated carbocycles. The van der Waals surface area contributed by atoms with E-state index in [9.17, 15) is 0 Å². The monoisotopic (exact) mass is 267 g/mol. The standard InChI is InChI=1S/C18H21NO/c1-13-10-15-8-9-19-17(16(15)12-18(13)20-2)11-14-6-4-3-5-7-14/h3-7,10,12,17,19H,8-9,11H2,1-2H3. The molecule has 1 N–H and O–H groups in total. The predicted octanol–water partition coefficient (Wildman–Crippen LogP) is 3.43. The Morgan fingerprint density at radius 2 is 2.00 bits per heavy atom. The van der Waals surface area contributed by atoms with E-state index in [1.807, 2.05) is 0 Å². The van der Waals surface area contributed by atoms with Crippen LogP contribution in [-0.2, 0) is 12.8 Å². The van der Waals surface area contributed by atoms with Crippen LogP contribution in [0.4, 0.5) is 0 Å². The minimum absolute atomic E-state index is 0.385. The lowest BCUT2D eigenvalue weighted by atomic mass is 9.89. The van der Waals surface area contributed by atoms with Gasteiger partial charge in [-0.15, -0.1) is 0 Å².